The van der Waals surface area contributed by atoms with E-state index in [1.165, 1.54) is 17.0 Å². The van der Waals surface area contributed by atoms with E-state index in [0.29, 0.717) is 12.8 Å². The number of benzene rings is 1. The SMILES string of the molecule is Cc1ccc(S(=O)(=O)OC23CCCC(CC2)N3C(=O)OC(C)(C)C)cc1. The van der Waals surface area contributed by atoms with Crippen LogP contribution in [-0.4, -0.2) is 36.8 Å². The molecule has 0 aliphatic carbocycles. The Morgan fingerprint density at radius 3 is 2.42 bits per heavy atom. The Morgan fingerprint density at radius 2 is 1.81 bits per heavy atom. The lowest BCUT2D eigenvalue weighted by Crippen LogP contribution is -2.56. The van der Waals surface area contributed by atoms with Gasteiger partial charge in [-0.15, -0.1) is 0 Å². The zero-order valence-corrected chi connectivity index (χ0v) is 16.6. The van der Waals surface area contributed by atoms with E-state index >= 15 is 0 Å². The fourth-order valence-corrected chi connectivity index (χ4v) is 5.04. The molecule has 2 aliphatic rings. The third kappa shape index (κ3) is 3.74. The van der Waals surface area contributed by atoms with E-state index in [1.807, 2.05) is 6.92 Å². The molecule has 2 aliphatic heterocycles. The molecule has 3 rings (SSSR count). The van der Waals surface area contributed by atoms with E-state index < -0.39 is 27.5 Å². The summed E-state index contributed by atoms with van der Waals surface area (Å²) in [6.45, 7) is 7.29. The Labute approximate surface area is 155 Å². The number of amides is 1. The first kappa shape index (κ1) is 19.2. The molecule has 0 N–H and O–H groups in total. The van der Waals surface area contributed by atoms with Crippen molar-refractivity contribution in [2.45, 2.75) is 82.1 Å². The zero-order chi connectivity index (χ0) is 19.2. The number of nitrogens with zero attached hydrogens (tertiary/aromatic N) is 1. The highest BCUT2D eigenvalue weighted by Crippen LogP contribution is 2.47. The summed E-state index contributed by atoms with van der Waals surface area (Å²) in [6, 6.07) is 6.50. The Hall–Kier alpha value is -1.60. The monoisotopic (exact) mass is 381 g/mol. The maximum atomic E-state index is 12.8. The minimum absolute atomic E-state index is 0.0354. The molecule has 6 nitrogen and oxygen atoms in total. The van der Waals surface area contributed by atoms with Crippen molar-refractivity contribution in [3.05, 3.63) is 29.8 Å². The highest BCUT2D eigenvalue weighted by atomic mass is 32.2. The van der Waals surface area contributed by atoms with Crippen molar-refractivity contribution < 1.29 is 22.1 Å². The molecule has 26 heavy (non-hydrogen) atoms. The summed E-state index contributed by atoms with van der Waals surface area (Å²) in [5.74, 6) is 0. The summed E-state index contributed by atoms with van der Waals surface area (Å²) in [4.78, 5) is 14.4. The lowest BCUT2D eigenvalue weighted by Gasteiger charge is -2.43. The Balaban J connectivity index is 1.90. The molecule has 0 spiro atoms. The van der Waals surface area contributed by atoms with Gasteiger partial charge < -0.3 is 4.74 Å². The fourth-order valence-electron chi connectivity index (χ4n) is 3.81. The number of carbonyl (C=O) groups is 1. The van der Waals surface area contributed by atoms with Crippen molar-refractivity contribution in [1.82, 2.24) is 4.90 Å². The van der Waals surface area contributed by atoms with Gasteiger partial charge in [0.2, 0.25) is 0 Å². The van der Waals surface area contributed by atoms with Gasteiger partial charge in [-0.2, -0.15) is 8.42 Å². The zero-order valence-electron chi connectivity index (χ0n) is 15.8. The van der Waals surface area contributed by atoms with Crippen LogP contribution in [0.4, 0.5) is 4.79 Å². The van der Waals surface area contributed by atoms with Gasteiger partial charge >= 0.3 is 6.09 Å². The molecular formula is C19H27NO5S. The van der Waals surface area contributed by atoms with Crippen LogP contribution in [0.3, 0.4) is 0 Å². The van der Waals surface area contributed by atoms with Gasteiger partial charge in [-0.1, -0.05) is 17.7 Å². The normalized spacial score (nSPS) is 26.0. The van der Waals surface area contributed by atoms with E-state index in [4.69, 9.17) is 8.92 Å². The van der Waals surface area contributed by atoms with E-state index in [9.17, 15) is 13.2 Å². The average Bonchev–Trinajstić information content (AvgIpc) is 2.72. The molecule has 144 valence electrons. The van der Waals surface area contributed by atoms with Crippen LogP contribution in [0.25, 0.3) is 0 Å². The molecule has 2 unspecified atom stereocenters. The van der Waals surface area contributed by atoms with Crippen LogP contribution in [0.1, 0.15) is 58.4 Å². The largest absolute Gasteiger partial charge is 0.444 e. The lowest BCUT2D eigenvalue weighted by atomic mass is 10.0. The third-order valence-corrected chi connectivity index (χ3v) is 6.32. The Morgan fingerprint density at radius 1 is 1.15 bits per heavy atom. The maximum absolute atomic E-state index is 12.8. The quantitative estimate of drug-likeness (QED) is 0.741. The molecule has 2 heterocycles. The maximum Gasteiger partial charge on any atom is 0.412 e. The summed E-state index contributed by atoms with van der Waals surface area (Å²) in [6.07, 6.45) is 2.89. The molecule has 1 amide bonds. The lowest BCUT2D eigenvalue weighted by molar-refractivity contribution is -0.0938. The van der Waals surface area contributed by atoms with Crippen LogP contribution in [0.15, 0.2) is 29.2 Å². The van der Waals surface area contributed by atoms with Crippen molar-refractivity contribution in [3.63, 3.8) is 0 Å². The summed E-state index contributed by atoms with van der Waals surface area (Å²) in [5.41, 5.74) is -0.823. The number of fused-ring (bicyclic) bond motifs is 2. The number of carbonyl (C=O) groups excluding carboxylic acids is 1. The van der Waals surface area contributed by atoms with E-state index in [2.05, 4.69) is 0 Å². The first-order valence-electron chi connectivity index (χ1n) is 9.07. The minimum Gasteiger partial charge on any atom is -0.444 e. The molecule has 2 bridgehead atoms. The van der Waals surface area contributed by atoms with Gasteiger partial charge in [0, 0.05) is 6.04 Å². The van der Waals surface area contributed by atoms with E-state index in [1.54, 1.807) is 32.9 Å². The summed E-state index contributed by atoms with van der Waals surface area (Å²) in [7, 11) is -3.98. The van der Waals surface area contributed by atoms with Crippen molar-refractivity contribution >= 4 is 16.2 Å². The Kier molecular flexibility index (Phi) is 4.82. The molecule has 2 fully saturated rings. The standard InChI is InChI=1S/C19H27NO5S/c1-14-7-9-16(10-8-14)26(22,23)25-19-12-5-6-15(11-13-19)20(19)17(21)24-18(2,3)4/h7-10,15H,5-6,11-13H2,1-4H3. The fraction of sp³-hybridized carbons (Fsp3) is 0.632. The Bertz CT molecular complexity index is 777. The number of rotatable bonds is 3. The van der Waals surface area contributed by atoms with Crippen LogP contribution in [0, 0.1) is 6.92 Å². The smallest absolute Gasteiger partial charge is 0.412 e. The van der Waals surface area contributed by atoms with Crippen LogP contribution >= 0.6 is 0 Å². The van der Waals surface area contributed by atoms with Gasteiger partial charge in [0.1, 0.15) is 5.60 Å². The summed E-state index contributed by atoms with van der Waals surface area (Å²) < 4.78 is 37.0. The number of hydrogen-bond donors (Lipinski definition) is 0. The van der Waals surface area contributed by atoms with Gasteiger partial charge in [0.15, 0.2) is 5.72 Å². The highest BCUT2D eigenvalue weighted by molar-refractivity contribution is 7.86. The van der Waals surface area contributed by atoms with E-state index in [-0.39, 0.29) is 10.9 Å². The topological polar surface area (TPSA) is 72.9 Å². The number of hydrogen-bond acceptors (Lipinski definition) is 5. The molecule has 0 radical (unpaired) electrons. The number of piperidine rings is 1. The summed E-state index contributed by atoms with van der Waals surface area (Å²) >= 11 is 0. The van der Waals surface area contributed by atoms with Gasteiger partial charge in [-0.3, -0.25) is 4.90 Å². The third-order valence-electron chi connectivity index (χ3n) is 4.94. The molecule has 7 heteroatoms. The second kappa shape index (κ2) is 6.53. The molecule has 2 saturated heterocycles. The van der Waals surface area contributed by atoms with Crippen molar-refractivity contribution in [1.29, 1.82) is 0 Å². The van der Waals surface area contributed by atoms with Crippen molar-refractivity contribution in [2.24, 2.45) is 0 Å². The van der Waals surface area contributed by atoms with Gasteiger partial charge in [-0.25, -0.2) is 8.98 Å². The second-order valence-electron chi connectivity index (χ2n) is 8.23. The van der Waals surface area contributed by atoms with E-state index in [0.717, 1.165) is 24.8 Å². The van der Waals surface area contributed by atoms with Crippen LogP contribution in [0.5, 0.6) is 0 Å². The van der Waals surface area contributed by atoms with Crippen LogP contribution in [0.2, 0.25) is 0 Å². The van der Waals surface area contributed by atoms with Gasteiger partial charge in [0.05, 0.1) is 4.90 Å². The first-order chi connectivity index (χ1) is 12.0. The minimum atomic E-state index is -3.98. The second-order valence-corrected chi connectivity index (χ2v) is 9.78. The number of aryl methyl sites for hydroxylation is 1. The molecule has 2 atom stereocenters. The first-order valence-corrected chi connectivity index (χ1v) is 10.5. The molecule has 0 saturated carbocycles. The predicted octanol–water partition coefficient (Wildman–Crippen LogP) is 3.98. The average molecular weight is 381 g/mol. The van der Waals surface area contributed by atoms with Crippen molar-refractivity contribution in [3.8, 4) is 0 Å². The molecule has 0 aromatic heterocycles. The summed E-state index contributed by atoms with van der Waals surface area (Å²) in [5, 5.41) is 0. The predicted molar refractivity (Wildman–Crippen MR) is 97.1 cm³/mol. The molecule has 1 aromatic rings. The number of ether oxygens (including phenoxy) is 1. The van der Waals surface area contributed by atoms with Gasteiger partial charge in [-0.05, 0) is 71.9 Å². The molecule has 1 aromatic carbocycles. The van der Waals surface area contributed by atoms with Gasteiger partial charge in [0.25, 0.3) is 10.1 Å². The molecular weight excluding hydrogens is 354 g/mol. The van der Waals surface area contributed by atoms with Crippen LogP contribution < -0.4 is 0 Å². The van der Waals surface area contributed by atoms with Crippen molar-refractivity contribution in [2.75, 3.05) is 0 Å². The van der Waals surface area contributed by atoms with Crippen LogP contribution in [-0.2, 0) is 19.0 Å². The highest BCUT2D eigenvalue weighted by Gasteiger charge is 2.55.